The number of anilines is 1. The molecule has 0 radical (unpaired) electrons. The first-order valence-electron chi connectivity index (χ1n) is 11.8. The Kier molecular flexibility index (Phi) is 11.4. The van der Waals surface area contributed by atoms with Gasteiger partial charge in [0.25, 0.3) is 0 Å². The van der Waals surface area contributed by atoms with Gasteiger partial charge in [-0.2, -0.15) is 0 Å². The van der Waals surface area contributed by atoms with Crippen molar-refractivity contribution in [2.24, 2.45) is 5.92 Å². The molecular formula is C30H37NO6. The Balaban J connectivity index is 2.36. The van der Waals surface area contributed by atoms with Gasteiger partial charge in [0, 0.05) is 23.4 Å². The van der Waals surface area contributed by atoms with Crippen LogP contribution in [0.3, 0.4) is 0 Å². The van der Waals surface area contributed by atoms with Crippen LogP contribution < -0.4 is 14.8 Å². The van der Waals surface area contributed by atoms with Crippen LogP contribution in [0.2, 0.25) is 0 Å². The highest BCUT2D eigenvalue weighted by Crippen LogP contribution is 2.38. The van der Waals surface area contributed by atoms with E-state index in [0.717, 1.165) is 11.1 Å². The average Bonchev–Trinajstić information content (AvgIpc) is 2.91. The van der Waals surface area contributed by atoms with E-state index >= 15 is 0 Å². The van der Waals surface area contributed by atoms with Crippen molar-refractivity contribution in [1.82, 2.24) is 0 Å². The van der Waals surface area contributed by atoms with Crippen molar-refractivity contribution in [2.45, 2.75) is 20.8 Å². The summed E-state index contributed by atoms with van der Waals surface area (Å²) in [6, 6.07) is 11.2. The van der Waals surface area contributed by atoms with Gasteiger partial charge < -0.3 is 29.0 Å². The van der Waals surface area contributed by atoms with Crippen molar-refractivity contribution in [3.05, 3.63) is 94.8 Å². The van der Waals surface area contributed by atoms with E-state index in [1.54, 1.807) is 41.7 Å². The van der Waals surface area contributed by atoms with E-state index in [0.29, 0.717) is 40.0 Å². The molecular weight excluding hydrogens is 470 g/mol. The van der Waals surface area contributed by atoms with Gasteiger partial charge in [-0.25, -0.2) is 0 Å². The quantitative estimate of drug-likeness (QED) is 0.143. The summed E-state index contributed by atoms with van der Waals surface area (Å²) in [6.45, 7) is 5.82. The molecule has 2 rings (SSSR count). The highest BCUT2D eigenvalue weighted by molar-refractivity contribution is 6.04. The van der Waals surface area contributed by atoms with Gasteiger partial charge in [0.2, 0.25) is 0 Å². The minimum Gasteiger partial charge on any atom is -0.497 e. The average molecular weight is 508 g/mol. The second-order valence-electron chi connectivity index (χ2n) is 8.22. The van der Waals surface area contributed by atoms with Gasteiger partial charge >= 0.3 is 0 Å². The summed E-state index contributed by atoms with van der Waals surface area (Å²) in [6.07, 6.45) is 9.01. The van der Waals surface area contributed by atoms with E-state index < -0.39 is 0 Å². The maximum absolute atomic E-state index is 12.6. The van der Waals surface area contributed by atoms with Crippen LogP contribution in [0.5, 0.6) is 11.5 Å². The molecule has 0 amide bonds. The molecule has 0 aliphatic heterocycles. The molecule has 0 aliphatic rings. The number of allylic oxidation sites excluding steroid dienone is 4. The second kappa shape index (κ2) is 14.4. The highest BCUT2D eigenvalue weighted by atomic mass is 16.5. The van der Waals surface area contributed by atoms with E-state index in [-0.39, 0.29) is 11.7 Å². The van der Waals surface area contributed by atoms with E-state index in [2.05, 4.69) is 5.32 Å². The van der Waals surface area contributed by atoms with Crippen LogP contribution in [-0.2, 0) is 14.2 Å². The number of ketones is 1. The lowest BCUT2D eigenvalue weighted by molar-refractivity contribution is 0.104. The number of hydrogen-bond donors (Lipinski definition) is 1. The van der Waals surface area contributed by atoms with Crippen molar-refractivity contribution in [3.63, 3.8) is 0 Å². The Labute approximate surface area is 220 Å². The van der Waals surface area contributed by atoms with Crippen molar-refractivity contribution >= 4 is 17.5 Å². The van der Waals surface area contributed by atoms with E-state index in [9.17, 15) is 4.79 Å². The summed E-state index contributed by atoms with van der Waals surface area (Å²) >= 11 is 0. The Hall–Kier alpha value is -4.13. The second-order valence-corrected chi connectivity index (χ2v) is 8.22. The third-order valence-corrected chi connectivity index (χ3v) is 5.64. The van der Waals surface area contributed by atoms with Gasteiger partial charge in [-0.3, -0.25) is 4.79 Å². The first-order valence-corrected chi connectivity index (χ1v) is 11.8. The molecule has 0 heterocycles. The summed E-state index contributed by atoms with van der Waals surface area (Å²) in [5.41, 5.74) is 3.23. The third-order valence-electron chi connectivity index (χ3n) is 5.64. The van der Waals surface area contributed by atoms with Crippen molar-refractivity contribution in [1.29, 1.82) is 0 Å². The lowest BCUT2D eigenvalue weighted by Crippen LogP contribution is -2.02. The predicted octanol–water partition coefficient (Wildman–Crippen LogP) is 6.52. The third kappa shape index (κ3) is 7.93. The number of ether oxygens (including phenoxy) is 5. The molecule has 0 fully saturated rings. The highest BCUT2D eigenvalue weighted by Gasteiger charge is 2.15. The molecule has 7 nitrogen and oxygen atoms in total. The van der Waals surface area contributed by atoms with E-state index in [1.807, 2.05) is 75.4 Å². The lowest BCUT2D eigenvalue weighted by atomic mass is 10.1. The van der Waals surface area contributed by atoms with Crippen LogP contribution in [0.4, 0.5) is 5.69 Å². The zero-order chi connectivity index (χ0) is 27.4. The molecule has 2 aromatic rings. The van der Waals surface area contributed by atoms with Gasteiger partial charge in [-0.05, 0) is 38.0 Å². The molecule has 1 unspecified atom stereocenters. The lowest BCUT2D eigenvalue weighted by Gasteiger charge is -2.16. The molecule has 0 saturated carbocycles. The monoisotopic (exact) mass is 507 g/mol. The number of methoxy groups -OCH3 is 5. The van der Waals surface area contributed by atoms with Gasteiger partial charge in [-0.1, -0.05) is 48.9 Å². The standard InChI is InChI=1S/C30H37NO6/c1-20-9-12-23(13-10-20)25(32)17-18-31-28-24(15-16-26(34-5)30(28)37-8)14-11-21(2)19-27(35-6)29(36-7)22(3)33-4/h9-19,21,31H,1-8H3/b14-11-,18-17-,27-19+,29-22-. The molecule has 1 N–H and O–H groups in total. The zero-order valence-electron chi connectivity index (χ0n) is 22.9. The summed E-state index contributed by atoms with van der Waals surface area (Å²) in [7, 11) is 7.90. The maximum Gasteiger partial charge on any atom is 0.198 e. The number of nitrogens with one attached hydrogen (secondary N) is 1. The van der Waals surface area contributed by atoms with E-state index in [1.165, 1.54) is 6.08 Å². The minimum atomic E-state index is -0.106. The molecule has 0 spiro atoms. The maximum atomic E-state index is 12.6. The molecule has 1 atom stereocenters. The van der Waals surface area contributed by atoms with Crippen LogP contribution in [0.15, 0.2) is 78.1 Å². The molecule has 198 valence electrons. The van der Waals surface area contributed by atoms with Gasteiger partial charge in [0.1, 0.15) is 5.76 Å². The molecule has 0 bridgehead atoms. The molecule has 37 heavy (non-hydrogen) atoms. The molecule has 7 heteroatoms. The van der Waals surface area contributed by atoms with Crippen molar-refractivity contribution in [2.75, 3.05) is 40.9 Å². The van der Waals surface area contributed by atoms with Gasteiger partial charge in [0.05, 0.1) is 41.2 Å². The van der Waals surface area contributed by atoms with Crippen LogP contribution >= 0.6 is 0 Å². The SMILES string of the molecule is CO/C(C)=C(OC)/C(=C\C(C)/C=C\c1ccc(OC)c(OC)c1N/C=C\C(=O)c1ccc(C)cc1)OC. The number of carbonyl (C=O) groups is 1. The molecule has 0 saturated heterocycles. The topological polar surface area (TPSA) is 75.3 Å². The van der Waals surface area contributed by atoms with E-state index in [4.69, 9.17) is 23.7 Å². The summed E-state index contributed by atoms with van der Waals surface area (Å²) in [4.78, 5) is 12.6. The fourth-order valence-electron chi connectivity index (χ4n) is 3.54. The zero-order valence-corrected chi connectivity index (χ0v) is 22.9. The number of hydrogen-bond acceptors (Lipinski definition) is 7. The van der Waals surface area contributed by atoms with Gasteiger partial charge in [-0.15, -0.1) is 0 Å². The largest absolute Gasteiger partial charge is 0.497 e. The Morgan fingerprint density at radius 3 is 2.19 bits per heavy atom. The Bertz CT molecular complexity index is 1180. The van der Waals surface area contributed by atoms with Crippen LogP contribution in [0.25, 0.3) is 6.08 Å². The smallest absolute Gasteiger partial charge is 0.198 e. The number of benzene rings is 2. The fourth-order valence-corrected chi connectivity index (χ4v) is 3.54. The normalized spacial score (nSPS) is 13.2. The molecule has 0 aromatic heterocycles. The number of rotatable bonds is 13. The summed E-state index contributed by atoms with van der Waals surface area (Å²) in [5, 5.41) is 3.20. The Morgan fingerprint density at radius 2 is 1.62 bits per heavy atom. The number of carbonyl (C=O) groups excluding carboxylic acids is 1. The summed E-state index contributed by atoms with van der Waals surface area (Å²) in [5.74, 6) is 2.70. The molecule has 2 aromatic carbocycles. The first kappa shape index (κ1) is 29.1. The van der Waals surface area contributed by atoms with Crippen LogP contribution in [-0.4, -0.2) is 41.3 Å². The first-order chi connectivity index (χ1) is 17.8. The van der Waals surface area contributed by atoms with Gasteiger partial charge in [0.15, 0.2) is 28.8 Å². The minimum absolute atomic E-state index is 0.00985. The Morgan fingerprint density at radius 1 is 0.919 bits per heavy atom. The van der Waals surface area contributed by atoms with Crippen molar-refractivity contribution < 1.29 is 28.5 Å². The fraction of sp³-hybridized carbons (Fsp3) is 0.300. The predicted molar refractivity (Wildman–Crippen MR) is 148 cm³/mol. The number of aryl methyl sites for hydroxylation is 1. The van der Waals surface area contributed by atoms with Crippen LogP contribution in [0, 0.1) is 12.8 Å². The molecule has 0 aliphatic carbocycles. The van der Waals surface area contributed by atoms with Crippen LogP contribution in [0.1, 0.15) is 35.3 Å². The summed E-state index contributed by atoms with van der Waals surface area (Å²) < 4.78 is 27.4. The van der Waals surface area contributed by atoms with Crippen molar-refractivity contribution in [3.8, 4) is 11.5 Å².